The van der Waals surface area contributed by atoms with Crippen LogP contribution in [0.2, 0.25) is 0 Å². The normalized spacial score (nSPS) is 12.2. The quantitative estimate of drug-likeness (QED) is 0.366. The highest BCUT2D eigenvalue weighted by molar-refractivity contribution is 7.98. The van der Waals surface area contributed by atoms with Crippen molar-refractivity contribution in [1.82, 2.24) is 14.5 Å². The predicted octanol–water partition coefficient (Wildman–Crippen LogP) is 4.20. The summed E-state index contributed by atoms with van der Waals surface area (Å²) in [7, 11) is 3.04. The van der Waals surface area contributed by atoms with E-state index in [1.807, 2.05) is 31.2 Å². The molecule has 2 aromatic carbocycles. The topological polar surface area (TPSA) is 86.2 Å². The van der Waals surface area contributed by atoms with E-state index in [9.17, 15) is 9.59 Å². The van der Waals surface area contributed by atoms with E-state index in [-0.39, 0.29) is 11.3 Å². The molecule has 8 heteroatoms. The molecule has 0 radical (unpaired) electrons. The molecule has 4 aromatic rings. The molecule has 0 saturated carbocycles. The fraction of sp³-hybridized carbons (Fsp3) is 0.240. The minimum atomic E-state index is -0.194. The molecule has 5 rings (SSSR count). The van der Waals surface area contributed by atoms with Gasteiger partial charge in [-0.05, 0) is 19.1 Å². The Labute approximate surface area is 194 Å². The van der Waals surface area contributed by atoms with Gasteiger partial charge in [0.15, 0.2) is 17.3 Å². The number of methoxy groups -OCH3 is 2. The summed E-state index contributed by atoms with van der Waals surface area (Å²) >= 11 is 1.70. The number of imidazole rings is 1. The first-order chi connectivity index (χ1) is 16.1. The summed E-state index contributed by atoms with van der Waals surface area (Å²) in [5.74, 6) is 2.16. The number of pyridine rings is 1. The molecule has 0 unspecified atom stereocenters. The number of aromatic nitrogens is 3. The zero-order valence-electron chi connectivity index (χ0n) is 18.6. The van der Waals surface area contributed by atoms with Gasteiger partial charge in [0.25, 0.3) is 5.56 Å². The molecule has 1 N–H and O–H groups in total. The van der Waals surface area contributed by atoms with Gasteiger partial charge in [-0.15, -0.1) is 0 Å². The van der Waals surface area contributed by atoms with Gasteiger partial charge < -0.3 is 19.0 Å². The van der Waals surface area contributed by atoms with Crippen LogP contribution < -0.4 is 15.0 Å². The zero-order valence-corrected chi connectivity index (χ0v) is 19.4. The summed E-state index contributed by atoms with van der Waals surface area (Å²) in [6.07, 6.45) is 1.69. The van der Waals surface area contributed by atoms with E-state index >= 15 is 0 Å². The van der Waals surface area contributed by atoms with E-state index in [2.05, 4.69) is 9.97 Å². The summed E-state index contributed by atoms with van der Waals surface area (Å²) in [4.78, 5) is 34.7. The van der Waals surface area contributed by atoms with Gasteiger partial charge >= 0.3 is 0 Å². The first-order valence-electron chi connectivity index (χ1n) is 10.6. The molecule has 2 heterocycles. The molecule has 0 atom stereocenters. The average molecular weight is 462 g/mol. The Hall–Kier alpha value is -3.52. The maximum atomic E-state index is 13.8. The summed E-state index contributed by atoms with van der Waals surface area (Å²) in [6.45, 7) is 2.44. The van der Waals surface area contributed by atoms with Crippen molar-refractivity contribution in [2.24, 2.45) is 0 Å². The van der Waals surface area contributed by atoms with E-state index in [0.717, 1.165) is 22.7 Å². The lowest BCUT2D eigenvalue weighted by atomic mass is 10.0. The SMILES string of the molecule is COc1ccc2c3c(n(CCSCc4nc[nH]c4C)c(=O)c2c1OC)-c1ccccc1C3=O. The van der Waals surface area contributed by atoms with Crippen molar-refractivity contribution in [1.29, 1.82) is 0 Å². The van der Waals surface area contributed by atoms with E-state index < -0.39 is 0 Å². The van der Waals surface area contributed by atoms with Crippen molar-refractivity contribution in [3.05, 3.63) is 75.6 Å². The van der Waals surface area contributed by atoms with Gasteiger partial charge in [0, 0.05) is 40.3 Å². The number of nitrogens with zero attached hydrogens (tertiary/aromatic N) is 2. The number of ketones is 1. The van der Waals surface area contributed by atoms with E-state index in [1.165, 1.54) is 14.2 Å². The highest BCUT2D eigenvalue weighted by Gasteiger charge is 2.33. The maximum absolute atomic E-state index is 13.8. The third kappa shape index (κ3) is 3.33. The number of carbonyl (C=O) groups is 1. The van der Waals surface area contributed by atoms with Crippen molar-refractivity contribution in [3.8, 4) is 22.8 Å². The number of benzene rings is 2. The van der Waals surface area contributed by atoms with Crippen LogP contribution in [0.25, 0.3) is 22.0 Å². The Morgan fingerprint density at radius 1 is 1.06 bits per heavy atom. The van der Waals surface area contributed by atoms with Crippen molar-refractivity contribution in [2.45, 2.75) is 19.2 Å². The molecular formula is C25H23N3O4S. The lowest BCUT2D eigenvalue weighted by Crippen LogP contribution is -2.25. The van der Waals surface area contributed by atoms with Crippen LogP contribution in [0.3, 0.4) is 0 Å². The van der Waals surface area contributed by atoms with Gasteiger partial charge in [-0.25, -0.2) is 4.98 Å². The van der Waals surface area contributed by atoms with Crippen molar-refractivity contribution >= 4 is 28.3 Å². The Morgan fingerprint density at radius 3 is 2.55 bits per heavy atom. The van der Waals surface area contributed by atoms with Crippen molar-refractivity contribution in [3.63, 3.8) is 0 Å². The van der Waals surface area contributed by atoms with E-state index in [1.54, 1.807) is 34.8 Å². The largest absolute Gasteiger partial charge is 0.493 e. The predicted molar refractivity (Wildman–Crippen MR) is 130 cm³/mol. The summed E-state index contributed by atoms with van der Waals surface area (Å²) in [5, 5.41) is 0.954. The second-order valence-corrected chi connectivity index (χ2v) is 8.91. The molecule has 0 bridgehead atoms. The Bertz CT molecular complexity index is 1450. The molecule has 0 spiro atoms. The second kappa shape index (κ2) is 8.44. The molecule has 7 nitrogen and oxygen atoms in total. The highest BCUT2D eigenvalue weighted by atomic mass is 32.2. The Morgan fingerprint density at radius 2 is 1.85 bits per heavy atom. The van der Waals surface area contributed by atoms with Gasteiger partial charge in [-0.3, -0.25) is 9.59 Å². The van der Waals surface area contributed by atoms with E-state index in [0.29, 0.717) is 51.4 Å². The second-order valence-electron chi connectivity index (χ2n) is 7.81. The number of ether oxygens (including phenoxy) is 2. The number of hydrogen-bond acceptors (Lipinski definition) is 6. The van der Waals surface area contributed by atoms with Crippen LogP contribution in [-0.2, 0) is 12.3 Å². The van der Waals surface area contributed by atoms with Gasteiger partial charge in [-0.1, -0.05) is 24.3 Å². The number of nitrogens with one attached hydrogen (secondary N) is 1. The van der Waals surface area contributed by atoms with Crippen molar-refractivity contribution in [2.75, 3.05) is 20.0 Å². The number of rotatable bonds is 7. The zero-order chi connectivity index (χ0) is 23.1. The number of thioether (sulfide) groups is 1. The lowest BCUT2D eigenvalue weighted by Gasteiger charge is -2.17. The minimum absolute atomic E-state index is 0.0774. The number of aryl methyl sites for hydroxylation is 1. The molecule has 0 aliphatic heterocycles. The summed E-state index contributed by atoms with van der Waals surface area (Å²) in [5.41, 5.74) is 4.48. The van der Waals surface area contributed by atoms with Crippen LogP contribution in [0.1, 0.15) is 27.3 Å². The van der Waals surface area contributed by atoms with Gasteiger partial charge in [0.1, 0.15) is 0 Å². The molecule has 1 aliphatic carbocycles. The number of H-pyrrole nitrogens is 1. The number of fused-ring (bicyclic) bond motifs is 5. The molecule has 1 aliphatic rings. The molecule has 0 saturated heterocycles. The highest BCUT2D eigenvalue weighted by Crippen LogP contribution is 2.43. The molecule has 0 amide bonds. The minimum Gasteiger partial charge on any atom is -0.493 e. The van der Waals surface area contributed by atoms with Crippen LogP contribution >= 0.6 is 11.8 Å². The number of aromatic amines is 1. The monoisotopic (exact) mass is 461 g/mol. The Balaban J connectivity index is 1.66. The Kier molecular flexibility index (Phi) is 5.46. The fourth-order valence-corrected chi connectivity index (χ4v) is 5.39. The molecule has 2 aromatic heterocycles. The van der Waals surface area contributed by atoms with Crippen LogP contribution in [-0.4, -0.2) is 40.3 Å². The van der Waals surface area contributed by atoms with Gasteiger partial charge in [-0.2, -0.15) is 11.8 Å². The first-order valence-corrected chi connectivity index (χ1v) is 11.7. The molecule has 0 fully saturated rings. The number of hydrogen-bond donors (Lipinski definition) is 1. The van der Waals surface area contributed by atoms with Crippen LogP contribution in [0.15, 0.2) is 47.5 Å². The summed E-state index contributed by atoms with van der Waals surface area (Å²) < 4.78 is 12.7. The van der Waals surface area contributed by atoms with Gasteiger partial charge in [0.2, 0.25) is 0 Å². The van der Waals surface area contributed by atoms with Crippen LogP contribution in [0, 0.1) is 6.92 Å². The molecule has 168 valence electrons. The fourth-order valence-electron chi connectivity index (χ4n) is 4.45. The van der Waals surface area contributed by atoms with E-state index in [4.69, 9.17) is 9.47 Å². The van der Waals surface area contributed by atoms with Gasteiger partial charge in [0.05, 0.1) is 42.9 Å². The third-order valence-corrected chi connectivity index (χ3v) is 7.02. The maximum Gasteiger partial charge on any atom is 0.262 e. The van der Waals surface area contributed by atoms with Crippen LogP contribution in [0.5, 0.6) is 11.5 Å². The standard InChI is InChI=1S/C25H23N3O4S/c1-14-18(27-13-26-14)12-33-11-10-28-22-15-6-4-5-7-16(15)23(29)20(22)17-8-9-19(31-2)24(32-3)21(17)25(28)30/h4-9,13H,10-12H2,1-3H3,(H,26,27). The third-order valence-electron chi connectivity index (χ3n) is 6.07. The van der Waals surface area contributed by atoms with Crippen molar-refractivity contribution < 1.29 is 14.3 Å². The number of carbonyl (C=O) groups excluding carboxylic acids is 1. The first kappa shape index (κ1) is 21.3. The lowest BCUT2D eigenvalue weighted by molar-refractivity contribution is 0.104. The van der Waals surface area contributed by atoms with Crippen LogP contribution in [0.4, 0.5) is 0 Å². The molecule has 33 heavy (non-hydrogen) atoms. The molecular weight excluding hydrogens is 438 g/mol. The summed E-state index contributed by atoms with van der Waals surface area (Å²) in [6, 6.07) is 11.0. The smallest absolute Gasteiger partial charge is 0.262 e. The average Bonchev–Trinajstić information content (AvgIpc) is 3.38.